The average Bonchev–Trinajstić information content (AvgIpc) is 2.91. The Hall–Kier alpha value is -1.37. The number of rotatable bonds is 5. The quantitative estimate of drug-likeness (QED) is 0.831. The molecule has 0 spiro atoms. The van der Waals surface area contributed by atoms with E-state index in [1.807, 2.05) is 31.4 Å². The van der Waals surface area contributed by atoms with E-state index in [1.165, 1.54) is 0 Å². The van der Waals surface area contributed by atoms with Crippen molar-refractivity contribution in [1.29, 1.82) is 0 Å². The molecule has 0 aliphatic heterocycles. The molecule has 3 N–H and O–H groups in total. The molecule has 0 bridgehead atoms. The average molecular weight is 324 g/mol. The van der Waals surface area contributed by atoms with E-state index >= 15 is 0 Å². The zero-order valence-corrected chi connectivity index (χ0v) is 14.0. The number of hydrogen-bond donors (Lipinski definition) is 2. The fourth-order valence-electron chi connectivity index (χ4n) is 2.08. The van der Waals surface area contributed by atoms with Crippen molar-refractivity contribution in [3.8, 4) is 0 Å². The van der Waals surface area contributed by atoms with E-state index in [0.717, 1.165) is 4.88 Å². The lowest BCUT2D eigenvalue weighted by Gasteiger charge is -2.23. The topological polar surface area (TPSA) is 72.2 Å². The molecule has 21 heavy (non-hydrogen) atoms. The Labute approximate surface area is 130 Å². The van der Waals surface area contributed by atoms with Gasteiger partial charge in [-0.2, -0.15) is 0 Å². The summed E-state index contributed by atoms with van der Waals surface area (Å²) in [6, 6.07) is 8.81. The standard InChI is InChI=1S/C15H20N2O2S2/c1-11-9-12(16)6-7-13(11)21(18,19)17-10-15(2,3)14-5-4-8-20-14/h4-9,17H,10,16H2,1-3H3. The first-order chi connectivity index (χ1) is 9.72. The summed E-state index contributed by atoms with van der Waals surface area (Å²) < 4.78 is 27.6. The lowest BCUT2D eigenvalue weighted by Crippen LogP contribution is -2.36. The highest BCUT2D eigenvalue weighted by molar-refractivity contribution is 7.89. The summed E-state index contributed by atoms with van der Waals surface area (Å²) in [6.45, 7) is 6.14. The van der Waals surface area contributed by atoms with Crippen LogP contribution in [-0.4, -0.2) is 15.0 Å². The molecule has 0 amide bonds. The highest BCUT2D eigenvalue weighted by Gasteiger charge is 2.25. The molecule has 0 saturated carbocycles. The number of anilines is 1. The Morgan fingerprint density at radius 2 is 2.00 bits per heavy atom. The van der Waals surface area contributed by atoms with Gasteiger partial charge in [-0.05, 0) is 42.1 Å². The van der Waals surface area contributed by atoms with Gasteiger partial charge in [-0.25, -0.2) is 13.1 Å². The van der Waals surface area contributed by atoms with Crippen LogP contribution in [0.2, 0.25) is 0 Å². The third-order valence-electron chi connectivity index (χ3n) is 3.38. The molecule has 114 valence electrons. The molecule has 1 heterocycles. The van der Waals surface area contributed by atoms with Crippen LogP contribution in [0.1, 0.15) is 24.3 Å². The fourth-order valence-corrected chi connectivity index (χ4v) is 4.37. The third kappa shape index (κ3) is 3.64. The molecule has 2 rings (SSSR count). The van der Waals surface area contributed by atoms with Crippen LogP contribution in [0, 0.1) is 6.92 Å². The first kappa shape index (κ1) is 16.0. The van der Waals surface area contributed by atoms with Gasteiger partial charge in [0.05, 0.1) is 4.90 Å². The number of aryl methyl sites for hydroxylation is 1. The molecule has 0 unspecified atom stereocenters. The van der Waals surface area contributed by atoms with Crippen LogP contribution >= 0.6 is 11.3 Å². The predicted octanol–water partition coefficient (Wildman–Crippen LogP) is 2.89. The van der Waals surface area contributed by atoms with E-state index in [9.17, 15) is 8.42 Å². The molecule has 0 aliphatic carbocycles. The number of nitrogens with one attached hydrogen (secondary N) is 1. The minimum absolute atomic E-state index is 0.247. The maximum absolute atomic E-state index is 12.4. The molecule has 0 aliphatic rings. The summed E-state index contributed by atoms with van der Waals surface area (Å²) in [4.78, 5) is 1.43. The van der Waals surface area contributed by atoms with Crippen LogP contribution in [0.25, 0.3) is 0 Å². The minimum atomic E-state index is -3.53. The monoisotopic (exact) mass is 324 g/mol. The highest BCUT2D eigenvalue weighted by atomic mass is 32.2. The third-order valence-corrected chi connectivity index (χ3v) is 6.18. The number of hydrogen-bond acceptors (Lipinski definition) is 4. The van der Waals surface area contributed by atoms with E-state index < -0.39 is 10.0 Å². The molecule has 2 aromatic rings. The second-order valence-corrected chi connectivity index (χ2v) is 8.39. The van der Waals surface area contributed by atoms with Crippen LogP contribution in [0.4, 0.5) is 5.69 Å². The first-order valence-electron chi connectivity index (χ1n) is 6.62. The van der Waals surface area contributed by atoms with Gasteiger partial charge in [-0.3, -0.25) is 0 Å². The maximum atomic E-state index is 12.4. The predicted molar refractivity (Wildman–Crippen MR) is 88.1 cm³/mol. The molecule has 0 saturated heterocycles. The van der Waals surface area contributed by atoms with Crippen molar-refractivity contribution in [1.82, 2.24) is 4.72 Å². The molecule has 1 aromatic carbocycles. The van der Waals surface area contributed by atoms with Crippen molar-refractivity contribution in [2.75, 3.05) is 12.3 Å². The Kier molecular flexibility index (Phi) is 4.41. The van der Waals surface area contributed by atoms with Gasteiger partial charge in [0.15, 0.2) is 0 Å². The van der Waals surface area contributed by atoms with Crippen molar-refractivity contribution in [2.24, 2.45) is 0 Å². The van der Waals surface area contributed by atoms with Gasteiger partial charge in [-0.1, -0.05) is 19.9 Å². The summed E-state index contributed by atoms with van der Waals surface area (Å²) in [5, 5.41) is 2.00. The van der Waals surface area contributed by atoms with E-state index in [2.05, 4.69) is 4.72 Å². The van der Waals surface area contributed by atoms with Crippen molar-refractivity contribution in [2.45, 2.75) is 31.1 Å². The van der Waals surface area contributed by atoms with Gasteiger partial charge < -0.3 is 5.73 Å². The fraction of sp³-hybridized carbons (Fsp3) is 0.333. The molecule has 4 nitrogen and oxygen atoms in total. The zero-order valence-electron chi connectivity index (χ0n) is 12.4. The zero-order chi connectivity index (χ0) is 15.7. The van der Waals surface area contributed by atoms with Crippen molar-refractivity contribution in [3.63, 3.8) is 0 Å². The lowest BCUT2D eigenvalue weighted by atomic mass is 9.92. The van der Waals surface area contributed by atoms with Crippen LogP contribution in [0.15, 0.2) is 40.6 Å². The first-order valence-corrected chi connectivity index (χ1v) is 8.98. The molecule has 0 fully saturated rings. The smallest absolute Gasteiger partial charge is 0.240 e. The molecule has 6 heteroatoms. The Morgan fingerprint density at radius 1 is 1.29 bits per heavy atom. The Balaban J connectivity index is 2.19. The van der Waals surface area contributed by atoms with Gasteiger partial charge in [0.2, 0.25) is 10.0 Å². The Morgan fingerprint density at radius 3 is 2.57 bits per heavy atom. The van der Waals surface area contributed by atoms with Gasteiger partial charge in [0.1, 0.15) is 0 Å². The van der Waals surface area contributed by atoms with Gasteiger partial charge in [-0.15, -0.1) is 11.3 Å². The van der Waals surface area contributed by atoms with Crippen LogP contribution in [0.3, 0.4) is 0 Å². The molecule has 0 radical (unpaired) electrons. The number of nitrogens with two attached hydrogens (primary N) is 1. The summed E-state index contributed by atoms with van der Waals surface area (Å²) in [5.74, 6) is 0. The van der Waals surface area contributed by atoms with E-state index in [-0.39, 0.29) is 10.3 Å². The lowest BCUT2D eigenvalue weighted by molar-refractivity contribution is 0.509. The number of benzene rings is 1. The minimum Gasteiger partial charge on any atom is -0.399 e. The second kappa shape index (κ2) is 5.79. The summed E-state index contributed by atoms with van der Waals surface area (Å²) >= 11 is 1.63. The van der Waals surface area contributed by atoms with E-state index in [1.54, 1.807) is 36.5 Å². The SMILES string of the molecule is Cc1cc(N)ccc1S(=O)(=O)NCC(C)(C)c1cccs1. The van der Waals surface area contributed by atoms with Crippen LogP contribution < -0.4 is 10.5 Å². The van der Waals surface area contributed by atoms with Crippen LogP contribution in [0.5, 0.6) is 0 Å². The van der Waals surface area contributed by atoms with Gasteiger partial charge in [0, 0.05) is 22.5 Å². The van der Waals surface area contributed by atoms with E-state index in [0.29, 0.717) is 17.8 Å². The van der Waals surface area contributed by atoms with Crippen LogP contribution in [-0.2, 0) is 15.4 Å². The summed E-state index contributed by atoms with van der Waals surface area (Å²) in [5.41, 5.74) is 6.63. The number of nitrogen functional groups attached to an aromatic ring is 1. The molecular weight excluding hydrogens is 304 g/mol. The van der Waals surface area contributed by atoms with Gasteiger partial charge in [0.25, 0.3) is 0 Å². The number of sulfonamides is 1. The molecule has 1 aromatic heterocycles. The van der Waals surface area contributed by atoms with Crippen molar-refractivity contribution >= 4 is 27.0 Å². The van der Waals surface area contributed by atoms with Crippen molar-refractivity contribution < 1.29 is 8.42 Å². The van der Waals surface area contributed by atoms with Crippen molar-refractivity contribution in [3.05, 3.63) is 46.2 Å². The van der Waals surface area contributed by atoms with E-state index in [4.69, 9.17) is 5.73 Å². The summed E-state index contributed by atoms with van der Waals surface area (Å²) in [6.07, 6.45) is 0. The molecule has 0 atom stereocenters. The molecular formula is C15H20N2O2S2. The summed E-state index contributed by atoms with van der Waals surface area (Å²) in [7, 11) is -3.53. The Bertz CT molecular complexity index is 720. The largest absolute Gasteiger partial charge is 0.399 e. The second-order valence-electron chi connectivity index (χ2n) is 5.71. The highest BCUT2D eigenvalue weighted by Crippen LogP contribution is 2.27. The number of thiophene rings is 1. The van der Waals surface area contributed by atoms with Gasteiger partial charge >= 0.3 is 0 Å². The normalized spacial score (nSPS) is 12.5. The maximum Gasteiger partial charge on any atom is 0.240 e.